The summed E-state index contributed by atoms with van der Waals surface area (Å²) in [6.07, 6.45) is 0. The second-order valence-corrected chi connectivity index (χ2v) is 8.90. The van der Waals surface area contributed by atoms with Crippen molar-refractivity contribution >= 4 is 39.8 Å². The van der Waals surface area contributed by atoms with E-state index in [0.717, 1.165) is 16.8 Å². The maximum Gasteiger partial charge on any atom is 0.262 e. The number of para-hydroxylation sites is 1. The Morgan fingerprint density at radius 1 is 0.941 bits per heavy atom. The predicted molar refractivity (Wildman–Crippen MR) is 141 cm³/mol. The average Bonchev–Trinajstić information content (AvgIpc) is 2.82. The molecule has 2 N–H and O–H groups in total. The van der Waals surface area contributed by atoms with Gasteiger partial charge < -0.3 is 10.6 Å². The van der Waals surface area contributed by atoms with E-state index >= 15 is 0 Å². The summed E-state index contributed by atoms with van der Waals surface area (Å²) in [5.74, 6) is -0.142. The van der Waals surface area contributed by atoms with Crippen LogP contribution in [0.4, 0.5) is 5.69 Å². The van der Waals surface area contributed by atoms with Gasteiger partial charge in [-0.25, -0.2) is 4.98 Å². The summed E-state index contributed by atoms with van der Waals surface area (Å²) in [5, 5.41) is 6.43. The summed E-state index contributed by atoms with van der Waals surface area (Å²) in [7, 11) is 0. The number of fused-ring (bicyclic) bond motifs is 1. The maximum absolute atomic E-state index is 13.7. The molecule has 4 aromatic rings. The molecule has 0 spiro atoms. The maximum atomic E-state index is 13.7. The molecule has 0 radical (unpaired) electrons. The van der Waals surface area contributed by atoms with Crippen molar-refractivity contribution < 1.29 is 4.79 Å². The Kier molecular flexibility index (Phi) is 6.84. The van der Waals surface area contributed by atoms with Gasteiger partial charge in [-0.05, 0) is 49.3 Å². The second-order valence-electron chi connectivity index (χ2n) is 8.49. The number of thiocarbonyl (C=S) groups is 1. The van der Waals surface area contributed by atoms with E-state index in [0.29, 0.717) is 16.7 Å². The molecule has 7 heteroatoms. The number of hydrogen-bond donors (Lipinski definition) is 2. The Morgan fingerprint density at radius 3 is 2.26 bits per heavy atom. The van der Waals surface area contributed by atoms with Crippen molar-refractivity contribution in [2.24, 2.45) is 5.92 Å². The molecular weight excluding hydrogens is 444 g/mol. The third kappa shape index (κ3) is 4.89. The van der Waals surface area contributed by atoms with E-state index in [1.54, 1.807) is 18.2 Å². The van der Waals surface area contributed by atoms with Crippen LogP contribution < -0.4 is 16.2 Å². The first kappa shape index (κ1) is 23.3. The van der Waals surface area contributed by atoms with Gasteiger partial charge in [0.15, 0.2) is 5.11 Å². The first-order chi connectivity index (χ1) is 16.3. The van der Waals surface area contributed by atoms with Crippen LogP contribution in [-0.2, 0) is 4.79 Å². The van der Waals surface area contributed by atoms with Crippen molar-refractivity contribution in [3.63, 3.8) is 0 Å². The number of benzene rings is 3. The highest BCUT2D eigenvalue weighted by Gasteiger charge is 2.29. The first-order valence-corrected chi connectivity index (χ1v) is 11.5. The lowest BCUT2D eigenvalue weighted by molar-refractivity contribution is -0.124. The number of nitrogens with zero attached hydrogens (tertiary/aromatic N) is 2. The smallest absolute Gasteiger partial charge is 0.262 e. The molecule has 0 unspecified atom stereocenters. The van der Waals surface area contributed by atoms with Crippen LogP contribution in [0.1, 0.15) is 25.5 Å². The zero-order chi connectivity index (χ0) is 24.2. The molecule has 6 nitrogen and oxygen atoms in total. The fraction of sp³-hybridized carbons (Fsp3) is 0.185. The number of aryl methyl sites for hydroxylation is 1. The molecule has 3 aromatic carbocycles. The Labute approximate surface area is 203 Å². The molecule has 172 valence electrons. The summed E-state index contributed by atoms with van der Waals surface area (Å²) in [6, 6.07) is 23.5. The van der Waals surface area contributed by atoms with Gasteiger partial charge in [0.2, 0.25) is 5.91 Å². The molecule has 1 amide bonds. The van der Waals surface area contributed by atoms with E-state index in [-0.39, 0.29) is 22.5 Å². The minimum absolute atomic E-state index is 0.169. The summed E-state index contributed by atoms with van der Waals surface area (Å²) >= 11 is 5.39. The Morgan fingerprint density at radius 2 is 1.59 bits per heavy atom. The number of hydrogen-bond acceptors (Lipinski definition) is 4. The van der Waals surface area contributed by atoms with E-state index in [9.17, 15) is 9.59 Å². The van der Waals surface area contributed by atoms with E-state index in [2.05, 4.69) is 10.6 Å². The highest BCUT2D eigenvalue weighted by atomic mass is 32.1. The second kappa shape index (κ2) is 9.97. The van der Waals surface area contributed by atoms with Crippen molar-refractivity contribution in [3.05, 3.63) is 94.8 Å². The highest BCUT2D eigenvalue weighted by Crippen LogP contribution is 2.26. The van der Waals surface area contributed by atoms with Crippen LogP contribution in [0.25, 0.3) is 22.3 Å². The number of carbonyl (C=O) groups excluding carboxylic acids is 1. The van der Waals surface area contributed by atoms with Crippen LogP contribution in [0.15, 0.2) is 83.7 Å². The van der Waals surface area contributed by atoms with Gasteiger partial charge >= 0.3 is 0 Å². The van der Waals surface area contributed by atoms with Crippen LogP contribution in [0, 0.1) is 12.8 Å². The molecule has 0 fully saturated rings. The topological polar surface area (TPSA) is 76.0 Å². The number of rotatable bonds is 5. The Hall–Kier alpha value is -3.84. The highest BCUT2D eigenvalue weighted by molar-refractivity contribution is 7.80. The third-order valence-electron chi connectivity index (χ3n) is 5.56. The molecular formula is C27H26N4O2S. The zero-order valence-corrected chi connectivity index (χ0v) is 20.1. The molecule has 1 aromatic heterocycles. The minimum Gasteiger partial charge on any atom is -0.332 e. The predicted octanol–water partition coefficient (Wildman–Crippen LogP) is 5.08. The Bertz CT molecular complexity index is 1400. The monoisotopic (exact) mass is 470 g/mol. The average molecular weight is 471 g/mol. The normalized spacial score (nSPS) is 11.9. The first-order valence-electron chi connectivity index (χ1n) is 11.1. The van der Waals surface area contributed by atoms with Gasteiger partial charge in [-0.2, -0.15) is 0 Å². The van der Waals surface area contributed by atoms with Crippen LogP contribution >= 0.6 is 12.2 Å². The van der Waals surface area contributed by atoms with Gasteiger partial charge in [-0.3, -0.25) is 14.2 Å². The van der Waals surface area contributed by atoms with E-state index < -0.39 is 6.04 Å². The quantitative estimate of drug-likeness (QED) is 0.398. The molecule has 1 atom stereocenters. The number of aromatic nitrogens is 2. The molecule has 0 aliphatic rings. The van der Waals surface area contributed by atoms with Crippen molar-refractivity contribution in [2.45, 2.75) is 26.8 Å². The third-order valence-corrected chi connectivity index (χ3v) is 5.77. The van der Waals surface area contributed by atoms with Crippen molar-refractivity contribution in [3.8, 4) is 11.4 Å². The summed E-state index contributed by atoms with van der Waals surface area (Å²) in [6.45, 7) is 5.80. The van der Waals surface area contributed by atoms with Gasteiger partial charge in [0.1, 0.15) is 11.9 Å². The lowest BCUT2D eigenvalue weighted by Crippen LogP contribution is -2.44. The zero-order valence-electron chi connectivity index (χ0n) is 19.3. The van der Waals surface area contributed by atoms with E-state index in [4.69, 9.17) is 17.2 Å². The molecule has 0 bridgehead atoms. The van der Waals surface area contributed by atoms with Gasteiger partial charge in [0.05, 0.1) is 10.9 Å². The van der Waals surface area contributed by atoms with Gasteiger partial charge in [-0.15, -0.1) is 0 Å². The van der Waals surface area contributed by atoms with Crippen LogP contribution in [-0.4, -0.2) is 20.6 Å². The molecule has 0 saturated heterocycles. The largest absolute Gasteiger partial charge is 0.332 e. The van der Waals surface area contributed by atoms with Crippen LogP contribution in [0.3, 0.4) is 0 Å². The molecule has 4 rings (SSSR count). The van der Waals surface area contributed by atoms with E-state index in [1.165, 1.54) is 4.57 Å². The minimum atomic E-state index is -0.822. The van der Waals surface area contributed by atoms with Gasteiger partial charge in [0, 0.05) is 11.3 Å². The number of carbonyl (C=O) groups is 1. The fourth-order valence-electron chi connectivity index (χ4n) is 3.90. The lowest BCUT2D eigenvalue weighted by Gasteiger charge is -2.26. The Balaban J connectivity index is 1.75. The van der Waals surface area contributed by atoms with Crippen LogP contribution in [0.5, 0.6) is 0 Å². The summed E-state index contributed by atoms with van der Waals surface area (Å²) in [5.41, 5.74) is 2.96. The van der Waals surface area contributed by atoms with Crippen LogP contribution in [0.2, 0.25) is 0 Å². The summed E-state index contributed by atoms with van der Waals surface area (Å²) in [4.78, 5) is 31.9. The van der Waals surface area contributed by atoms with Crippen molar-refractivity contribution in [1.82, 2.24) is 14.9 Å². The fourth-order valence-corrected chi connectivity index (χ4v) is 4.12. The number of nitrogens with one attached hydrogen (secondary N) is 2. The standard InChI is InChI=1S/C27H26N4O2S/c1-17(2)23(25(32)30-27(34)28-20-15-13-18(3)14-16-20)31-24(19-9-5-4-6-10-19)29-22-12-8-7-11-21(22)26(31)33/h4-17,23H,1-3H3,(H2,28,30,32,34)/t23-/m0/s1. The van der Waals surface area contributed by atoms with Crippen molar-refractivity contribution in [2.75, 3.05) is 5.32 Å². The molecule has 34 heavy (non-hydrogen) atoms. The van der Waals surface area contributed by atoms with Crippen molar-refractivity contribution in [1.29, 1.82) is 0 Å². The van der Waals surface area contributed by atoms with E-state index in [1.807, 2.05) is 81.4 Å². The lowest BCUT2D eigenvalue weighted by atomic mass is 10.0. The number of anilines is 1. The summed E-state index contributed by atoms with van der Waals surface area (Å²) < 4.78 is 1.49. The molecule has 0 saturated carbocycles. The van der Waals surface area contributed by atoms with Gasteiger partial charge in [0.25, 0.3) is 5.56 Å². The van der Waals surface area contributed by atoms with Gasteiger partial charge in [-0.1, -0.05) is 74.0 Å². The number of amides is 1. The molecule has 1 heterocycles. The molecule has 0 aliphatic carbocycles. The SMILES string of the molecule is Cc1ccc(NC(=S)NC(=O)[C@H](C(C)C)n2c(-c3ccccc3)nc3ccccc3c2=O)cc1. The molecule has 0 aliphatic heterocycles.